The molecule has 0 amide bonds. The number of benzene rings is 2. The fourth-order valence-electron chi connectivity index (χ4n) is 1.82. The Morgan fingerprint density at radius 3 is 2.74 bits per heavy atom. The molecule has 4 heteroatoms. The molecular formula is C15H15FN2O. The van der Waals surface area contributed by atoms with E-state index in [0.717, 1.165) is 11.4 Å². The highest BCUT2D eigenvalue weighted by Crippen LogP contribution is 2.22. The second kappa shape index (κ2) is 5.63. The van der Waals surface area contributed by atoms with Crippen LogP contribution in [0.1, 0.15) is 22.8 Å². The number of halogens is 1. The van der Waals surface area contributed by atoms with Gasteiger partial charge >= 0.3 is 0 Å². The molecule has 3 N–H and O–H groups in total. The van der Waals surface area contributed by atoms with Crippen LogP contribution >= 0.6 is 0 Å². The summed E-state index contributed by atoms with van der Waals surface area (Å²) >= 11 is 0. The second-order valence-electron chi connectivity index (χ2n) is 4.27. The predicted molar refractivity (Wildman–Crippen MR) is 74.0 cm³/mol. The van der Waals surface area contributed by atoms with Gasteiger partial charge in [0.1, 0.15) is 5.82 Å². The molecule has 0 heterocycles. The van der Waals surface area contributed by atoms with E-state index in [2.05, 4.69) is 5.32 Å². The molecule has 0 saturated heterocycles. The normalized spacial score (nSPS) is 10.3. The minimum absolute atomic E-state index is 0.00167. The zero-order valence-corrected chi connectivity index (χ0v) is 10.6. The van der Waals surface area contributed by atoms with Crippen molar-refractivity contribution in [3.63, 3.8) is 0 Å². The Morgan fingerprint density at radius 1 is 1.26 bits per heavy atom. The van der Waals surface area contributed by atoms with Crippen molar-refractivity contribution in [1.82, 2.24) is 0 Å². The molecule has 0 aliphatic heterocycles. The fourth-order valence-corrected chi connectivity index (χ4v) is 1.82. The summed E-state index contributed by atoms with van der Waals surface area (Å²) in [6.07, 6.45) is 0. The van der Waals surface area contributed by atoms with Crippen molar-refractivity contribution in [2.24, 2.45) is 5.73 Å². The maximum atomic E-state index is 13.1. The van der Waals surface area contributed by atoms with Gasteiger partial charge in [-0.2, -0.15) is 0 Å². The van der Waals surface area contributed by atoms with Gasteiger partial charge in [-0.15, -0.1) is 0 Å². The van der Waals surface area contributed by atoms with Crippen LogP contribution in [0.4, 0.5) is 15.8 Å². The molecule has 0 radical (unpaired) electrons. The van der Waals surface area contributed by atoms with Gasteiger partial charge in [0.25, 0.3) is 0 Å². The van der Waals surface area contributed by atoms with Crippen LogP contribution in [0.25, 0.3) is 0 Å². The number of carbonyl (C=O) groups is 1. The summed E-state index contributed by atoms with van der Waals surface area (Å²) in [4.78, 5) is 11.3. The lowest BCUT2D eigenvalue weighted by molar-refractivity contribution is 0.101. The van der Waals surface area contributed by atoms with Crippen LogP contribution in [0.15, 0.2) is 42.5 Å². The third-order valence-electron chi connectivity index (χ3n) is 2.84. The predicted octanol–water partition coefficient (Wildman–Crippen LogP) is 3.23. The van der Waals surface area contributed by atoms with Crippen molar-refractivity contribution in [3.05, 3.63) is 59.4 Å². The standard InChI is InChI=1S/C15H15FN2O/c1-10(19)11-3-2-4-14(8-11)18-15-6-5-13(16)7-12(15)9-17/h2-8,18H,9,17H2,1H3. The van der Waals surface area contributed by atoms with Crippen LogP contribution in [0.5, 0.6) is 0 Å². The number of anilines is 2. The molecule has 0 aliphatic rings. The zero-order chi connectivity index (χ0) is 13.8. The summed E-state index contributed by atoms with van der Waals surface area (Å²) in [5, 5.41) is 3.15. The molecule has 98 valence electrons. The molecule has 0 saturated carbocycles. The van der Waals surface area contributed by atoms with E-state index in [-0.39, 0.29) is 18.1 Å². The molecule has 19 heavy (non-hydrogen) atoms. The Balaban J connectivity index is 2.30. The second-order valence-corrected chi connectivity index (χ2v) is 4.27. The number of hydrogen-bond donors (Lipinski definition) is 2. The molecule has 2 aromatic rings. The first kappa shape index (κ1) is 13.2. The Kier molecular flexibility index (Phi) is 3.92. The number of rotatable bonds is 4. The Hall–Kier alpha value is -2.20. The topological polar surface area (TPSA) is 55.1 Å². The van der Waals surface area contributed by atoms with Crippen molar-refractivity contribution in [3.8, 4) is 0 Å². The van der Waals surface area contributed by atoms with Crippen molar-refractivity contribution in [1.29, 1.82) is 0 Å². The van der Waals surface area contributed by atoms with E-state index in [1.165, 1.54) is 19.1 Å². The first-order chi connectivity index (χ1) is 9.10. The zero-order valence-electron chi connectivity index (χ0n) is 10.6. The van der Waals surface area contributed by atoms with Gasteiger partial charge in [0.05, 0.1) is 0 Å². The third kappa shape index (κ3) is 3.17. The SMILES string of the molecule is CC(=O)c1cccc(Nc2ccc(F)cc2CN)c1. The molecular weight excluding hydrogens is 243 g/mol. The summed E-state index contributed by atoms with van der Waals surface area (Å²) in [6.45, 7) is 1.76. The van der Waals surface area contributed by atoms with Crippen molar-refractivity contribution >= 4 is 17.2 Å². The van der Waals surface area contributed by atoms with Gasteiger partial charge in [-0.25, -0.2) is 4.39 Å². The average molecular weight is 258 g/mol. The maximum Gasteiger partial charge on any atom is 0.159 e. The van der Waals surface area contributed by atoms with E-state index in [1.807, 2.05) is 6.07 Å². The Morgan fingerprint density at radius 2 is 2.05 bits per heavy atom. The molecule has 0 atom stereocenters. The monoisotopic (exact) mass is 258 g/mol. The number of Topliss-reactive ketones (excluding diaryl/α,β-unsaturated/α-hetero) is 1. The summed E-state index contributed by atoms with van der Waals surface area (Å²) in [5.41, 5.74) is 8.42. The number of nitrogens with one attached hydrogen (secondary N) is 1. The molecule has 2 aromatic carbocycles. The minimum Gasteiger partial charge on any atom is -0.355 e. The molecule has 0 unspecified atom stereocenters. The number of nitrogens with two attached hydrogens (primary N) is 1. The summed E-state index contributed by atoms with van der Waals surface area (Å²) in [6, 6.07) is 11.6. The third-order valence-corrected chi connectivity index (χ3v) is 2.84. The van der Waals surface area contributed by atoms with Crippen LogP contribution in [-0.4, -0.2) is 5.78 Å². The van der Waals surface area contributed by atoms with Gasteiger partial charge in [-0.05, 0) is 42.8 Å². The maximum absolute atomic E-state index is 13.1. The van der Waals surface area contributed by atoms with Crippen LogP contribution < -0.4 is 11.1 Å². The van der Waals surface area contributed by atoms with Crippen LogP contribution in [0, 0.1) is 5.82 Å². The summed E-state index contributed by atoms with van der Waals surface area (Å²) in [7, 11) is 0. The lowest BCUT2D eigenvalue weighted by Crippen LogP contribution is -2.03. The van der Waals surface area contributed by atoms with Gasteiger partial charge in [0.15, 0.2) is 5.78 Å². The minimum atomic E-state index is -0.316. The number of ketones is 1. The molecule has 0 spiro atoms. The van der Waals surface area contributed by atoms with Crippen LogP contribution in [-0.2, 0) is 6.54 Å². The fraction of sp³-hybridized carbons (Fsp3) is 0.133. The van der Waals surface area contributed by atoms with Gasteiger partial charge in [0, 0.05) is 23.5 Å². The van der Waals surface area contributed by atoms with Crippen molar-refractivity contribution < 1.29 is 9.18 Å². The van der Waals surface area contributed by atoms with E-state index in [1.54, 1.807) is 24.3 Å². The highest BCUT2D eigenvalue weighted by atomic mass is 19.1. The first-order valence-corrected chi connectivity index (χ1v) is 5.96. The van der Waals surface area contributed by atoms with Crippen LogP contribution in [0.3, 0.4) is 0 Å². The van der Waals surface area contributed by atoms with Crippen LogP contribution in [0.2, 0.25) is 0 Å². The lowest BCUT2D eigenvalue weighted by atomic mass is 10.1. The average Bonchev–Trinajstić information content (AvgIpc) is 2.41. The number of hydrogen-bond acceptors (Lipinski definition) is 3. The molecule has 0 fully saturated rings. The Labute approximate surface area is 111 Å². The highest BCUT2D eigenvalue weighted by molar-refractivity contribution is 5.95. The van der Waals surface area contributed by atoms with E-state index >= 15 is 0 Å². The van der Waals surface area contributed by atoms with E-state index < -0.39 is 0 Å². The van der Waals surface area contributed by atoms with E-state index in [4.69, 9.17) is 5.73 Å². The Bertz CT molecular complexity index is 611. The van der Waals surface area contributed by atoms with Gasteiger partial charge in [-0.3, -0.25) is 4.79 Å². The van der Waals surface area contributed by atoms with Crippen molar-refractivity contribution in [2.75, 3.05) is 5.32 Å². The molecule has 3 nitrogen and oxygen atoms in total. The van der Waals surface area contributed by atoms with Crippen molar-refractivity contribution in [2.45, 2.75) is 13.5 Å². The summed E-state index contributed by atoms with van der Waals surface area (Å²) in [5.74, 6) is -0.315. The van der Waals surface area contributed by atoms with E-state index in [0.29, 0.717) is 11.1 Å². The quantitative estimate of drug-likeness (QED) is 0.828. The molecule has 0 aromatic heterocycles. The number of carbonyl (C=O) groups excluding carboxylic acids is 1. The lowest BCUT2D eigenvalue weighted by Gasteiger charge is -2.11. The molecule has 0 bridgehead atoms. The first-order valence-electron chi connectivity index (χ1n) is 5.96. The van der Waals surface area contributed by atoms with E-state index in [9.17, 15) is 9.18 Å². The van der Waals surface area contributed by atoms with Gasteiger partial charge in [-0.1, -0.05) is 12.1 Å². The van der Waals surface area contributed by atoms with Gasteiger partial charge in [0.2, 0.25) is 0 Å². The van der Waals surface area contributed by atoms with Gasteiger partial charge < -0.3 is 11.1 Å². The smallest absolute Gasteiger partial charge is 0.159 e. The molecule has 2 rings (SSSR count). The highest BCUT2D eigenvalue weighted by Gasteiger charge is 2.05. The molecule has 0 aliphatic carbocycles. The largest absolute Gasteiger partial charge is 0.355 e. The summed E-state index contributed by atoms with van der Waals surface area (Å²) < 4.78 is 13.1.